The fraction of sp³-hybridized carbons (Fsp3) is 0.294. The fourth-order valence-corrected chi connectivity index (χ4v) is 2.88. The van der Waals surface area contributed by atoms with Crippen LogP contribution in [-0.4, -0.2) is 6.54 Å². The normalized spacial score (nSPS) is 14.2. The van der Waals surface area contributed by atoms with E-state index in [2.05, 4.69) is 17.0 Å². The number of nitrogens with two attached hydrogens (primary N) is 1. The lowest BCUT2D eigenvalue weighted by atomic mass is 9.99. The number of aryl methyl sites for hydroxylation is 2. The molecule has 0 aromatic heterocycles. The molecule has 1 heterocycles. The van der Waals surface area contributed by atoms with Crippen LogP contribution in [-0.2, 0) is 13.0 Å². The molecule has 0 radical (unpaired) electrons. The lowest BCUT2D eigenvalue weighted by molar-refractivity contribution is 0.621. The highest BCUT2D eigenvalue weighted by molar-refractivity contribution is 5.61. The van der Waals surface area contributed by atoms with E-state index in [4.69, 9.17) is 5.73 Å². The topological polar surface area (TPSA) is 29.3 Å². The molecule has 0 fully saturated rings. The van der Waals surface area contributed by atoms with Gasteiger partial charge in [-0.25, -0.2) is 4.39 Å². The molecule has 3 heteroatoms. The molecule has 104 valence electrons. The number of nitrogen functional groups attached to an aromatic ring is 1. The molecule has 3 rings (SSSR count). The van der Waals surface area contributed by atoms with Gasteiger partial charge in [0.1, 0.15) is 5.82 Å². The highest BCUT2D eigenvalue weighted by Gasteiger charge is 2.17. The first-order valence-electron chi connectivity index (χ1n) is 7.02. The van der Waals surface area contributed by atoms with Crippen LogP contribution in [0.15, 0.2) is 36.4 Å². The number of fused-ring (bicyclic) bond motifs is 1. The minimum atomic E-state index is -0.167. The van der Waals surface area contributed by atoms with Crippen LogP contribution in [0.25, 0.3) is 0 Å². The molecule has 2 N–H and O–H groups in total. The zero-order valence-corrected chi connectivity index (χ0v) is 11.7. The Morgan fingerprint density at radius 3 is 2.90 bits per heavy atom. The molecular weight excluding hydrogens is 251 g/mol. The highest BCUT2D eigenvalue weighted by atomic mass is 19.1. The quantitative estimate of drug-likeness (QED) is 0.844. The molecule has 1 aliphatic heterocycles. The molecule has 0 bridgehead atoms. The van der Waals surface area contributed by atoms with Gasteiger partial charge < -0.3 is 10.6 Å². The van der Waals surface area contributed by atoms with Crippen LogP contribution in [0.2, 0.25) is 0 Å². The number of hydrogen-bond acceptors (Lipinski definition) is 2. The Morgan fingerprint density at radius 1 is 1.20 bits per heavy atom. The van der Waals surface area contributed by atoms with Gasteiger partial charge >= 0.3 is 0 Å². The summed E-state index contributed by atoms with van der Waals surface area (Å²) in [6.07, 6.45) is 2.18. The second-order valence-corrected chi connectivity index (χ2v) is 5.48. The number of benzene rings is 2. The number of nitrogens with zero attached hydrogens (tertiary/aromatic N) is 1. The summed E-state index contributed by atoms with van der Waals surface area (Å²) >= 11 is 0. The van der Waals surface area contributed by atoms with E-state index in [1.54, 1.807) is 6.07 Å². The molecule has 0 spiro atoms. The Labute approximate surface area is 119 Å². The van der Waals surface area contributed by atoms with E-state index >= 15 is 0 Å². The second-order valence-electron chi connectivity index (χ2n) is 5.48. The molecule has 0 unspecified atom stereocenters. The summed E-state index contributed by atoms with van der Waals surface area (Å²) in [4.78, 5) is 2.32. The lowest BCUT2D eigenvalue weighted by Crippen LogP contribution is -2.29. The maximum Gasteiger partial charge on any atom is 0.123 e. The minimum Gasteiger partial charge on any atom is -0.399 e. The van der Waals surface area contributed by atoms with Crippen molar-refractivity contribution in [2.75, 3.05) is 17.2 Å². The van der Waals surface area contributed by atoms with Gasteiger partial charge in [-0.2, -0.15) is 0 Å². The van der Waals surface area contributed by atoms with Gasteiger partial charge in [0.05, 0.1) is 0 Å². The Hall–Kier alpha value is -2.03. The third-order valence-corrected chi connectivity index (χ3v) is 3.99. The number of halogens is 1. The van der Waals surface area contributed by atoms with Gasteiger partial charge in [0, 0.05) is 24.5 Å². The number of anilines is 2. The van der Waals surface area contributed by atoms with Crippen LogP contribution in [0.3, 0.4) is 0 Å². The van der Waals surface area contributed by atoms with E-state index in [0.717, 1.165) is 42.7 Å². The van der Waals surface area contributed by atoms with Crippen LogP contribution in [0.1, 0.15) is 23.1 Å². The average molecular weight is 270 g/mol. The highest BCUT2D eigenvalue weighted by Crippen LogP contribution is 2.30. The first-order valence-corrected chi connectivity index (χ1v) is 7.02. The van der Waals surface area contributed by atoms with Gasteiger partial charge in [0.25, 0.3) is 0 Å². The molecule has 2 aromatic carbocycles. The Balaban J connectivity index is 1.91. The first-order chi connectivity index (χ1) is 9.63. The van der Waals surface area contributed by atoms with Crippen molar-refractivity contribution in [3.8, 4) is 0 Å². The van der Waals surface area contributed by atoms with E-state index in [0.29, 0.717) is 0 Å². The summed E-state index contributed by atoms with van der Waals surface area (Å²) in [5.74, 6) is -0.167. The van der Waals surface area contributed by atoms with Crippen molar-refractivity contribution in [3.63, 3.8) is 0 Å². The summed E-state index contributed by atoms with van der Waals surface area (Å²) in [5.41, 5.74) is 11.4. The van der Waals surface area contributed by atoms with Gasteiger partial charge in [0.15, 0.2) is 0 Å². The smallest absolute Gasteiger partial charge is 0.123 e. The van der Waals surface area contributed by atoms with E-state index in [1.165, 1.54) is 17.3 Å². The molecule has 0 saturated heterocycles. The summed E-state index contributed by atoms with van der Waals surface area (Å²) in [5, 5.41) is 0. The van der Waals surface area contributed by atoms with Crippen molar-refractivity contribution in [1.82, 2.24) is 0 Å². The molecule has 0 amide bonds. The zero-order chi connectivity index (χ0) is 14.1. The first kappa shape index (κ1) is 13.0. The molecular formula is C17H19FN2. The predicted molar refractivity (Wildman–Crippen MR) is 81.4 cm³/mol. The Morgan fingerprint density at radius 2 is 2.05 bits per heavy atom. The van der Waals surface area contributed by atoms with Crippen LogP contribution < -0.4 is 10.6 Å². The van der Waals surface area contributed by atoms with Crippen LogP contribution in [0.5, 0.6) is 0 Å². The monoisotopic (exact) mass is 270 g/mol. The number of rotatable bonds is 2. The fourth-order valence-electron chi connectivity index (χ4n) is 2.88. The maximum absolute atomic E-state index is 13.4. The summed E-state index contributed by atoms with van der Waals surface area (Å²) in [6, 6.07) is 11.1. The van der Waals surface area contributed by atoms with Crippen molar-refractivity contribution in [3.05, 3.63) is 58.9 Å². The number of hydrogen-bond donors (Lipinski definition) is 1. The maximum atomic E-state index is 13.4. The van der Waals surface area contributed by atoms with E-state index in [-0.39, 0.29) is 5.82 Å². The summed E-state index contributed by atoms with van der Waals surface area (Å²) < 4.78 is 13.4. The molecule has 20 heavy (non-hydrogen) atoms. The zero-order valence-electron chi connectivity index (χ0n) is 11.7. The SMILES string of the molecule is Cc1ccc(F)cc1CN1CCCc2cc(N)ccc21. The standard InChI is InChI=1S/C17H19FN2/c1-12-4-5-15(18)9-14(12)11-20-8-2-3-13-10-16(19)6-7-17(13)20/h4-7,9-10H,2-3,8,11,19H2,1H3. The summed E-state index contributed by atoms with van der Waals surface area (Å²) in [7, 11) is 0. The largest absolute Gasteiger partial charge is 0.399 e. The third kappa shape index (κ3) is 2.48. The van der Waals surface area contributed by atoms with Gasteiger partial charge in [-0.1, -0.05) is 6.07 Å². The Bertz CT molecular complexity index is 637. The van der Waals surface area contributed by atoms with E-state index in [1.807, 2.05) is 19.1 Å². The van der Waals surface area contributed by atoms with Crippen molar-refractivity contribution in [2.24, 2.45) is 0 Å². The van der Waals surface area contributed by atoms with Gasteiger partial charge in [-0.3, -0.25) is 0 Å². The summed E-state index contributed by atoms with van der Waals surface area (Å²) in [6.45, 7) is 3.79. The van der Waals surface area contributed by atoms with Gasteiger partial charge in [-0.05, 0) is 66.8 Å². The lowest BCUT2D eigenvalue weighted by Gasteiger charge is -2.32. The van der Waals surface area contributed by atoms with Crippen molar-refractivity contribution in [2.45, 2.75) is 26.3 Å². The molecule has 2 nitrogen and oxygen atoms in total. The average Bonchev–Trinajstić information content (AvgIpc) is 2.43. The van der Waals surface area contributed by atoms with Crippen LogP contribution >= 0.6 is 0 Å². The second kappa shape index (κ2) is 5.16. The minimum absolute atomic E-state index is 0.167. The van der Waals surface area contributed by atoms with Crippen molar-refractivity contribution < 1.29 is 4.39 Å². The van der Waals surface area contributed by atoms with Gasteiger partial charge in [-0.15, -0.1) is 0 Å². The van der Waals surface area contributed by atoms with Gasteiger partial charge in [0.2, 0.25) is 0 Å². The third-order valence-electron chi connectivity index (χ3n) is 3.99. The van der Waals surface area contributed by atoms with Crippen molar-refractivity contribution >= 4 is 11.4 Å². The van der Waals surface area contributed by atoms with Crippen molar-refractivity contribution in [1.29, 1.82) is 0 Å². The molecule has 0 saturated carbocycles. The Kier molecular flexibility index (Phi) is 3.35. The molecule has 2 aromatic rings. The molecule has 1 aliphatic rings. The van der Waals surface area contributed by atoms with E-state index in [9.17, 15) is 4.39 Å². The molecule has 0 aliphatic carbocycles. The molecule has 0 atom stereocenters. The van der Waals surface area contributed by atoms with Crippen LogP contribution in [0, 0.1) is 12.7 Å². The van der Waals surface area contributed by atoms with Crippen LogP contribution in [0.4, 0.5) is 15.8 Å². The predicted octanol–water partition coefficient (Wildman–Crippen LogP) is 3.67. The van der Waals surface area contributed by atoms with E-state index < -0.39 is 0 Å².